The van der Waals surface area contributed by atoms with Crippen LogP contribution in [0.25, 0.3) is 0 Å². The van der Waals surface area contributed by atoms with Gasteiger partial charge in [0.1, 0.15) is 4.90 Å². The van der Waals surface area contributed by atoms with Gasteiger partial charge >= 0.3 is 0 Å². The molecule has 0 aliphatic heterocycles. The first kappa shape index (κ1) is 15.9. The van der Waals surface area contributed by atoms with Gasteiger partial charge in [0.15, 0.2) is 0 Å². The fourth-order valence-corrected chi connectivity index (χ4v) is 5.47. The molecule has 0 aromatic carbocycles. The van der Waals surface area contributed by atoms with Crippen LogP contribution in [-0.4, -0.2) is 21.0 Å². The summed E-state index contributed by atoms with van der Waals surface area (Å²) in [6.07, 6.45) is 3.44. The van der Waals surface area contributed by atoms with E-state index >= 15 is 0 Å². The second-order valence-corrected chi connectivity index (χ2v) is 8.27. The fraction of sp³-hybridized carbons (Fsp3) is 0.714. The molecule has 1 saturated carbocycles. The minimum Gasteiger partial charge on any atom is -0.312 e. The highest BCUT2D eigenvalue weighted by atomic mass is 32.2. The molecule has 4 nitrogen and oxygen atoms in total. The van der Waals surface area contributed by atoms with Crippen LogP contribution in [0.4, 0.5) is 0 Å². The average molecular weight is 316 g/mol. The average Bonchev–Trinajstić information content (AvgIpc) is 3.06. The van der Waals surface area contributed by atoms with Gasteiger partial charge in [0.25, 0.3) is 0 Å². The highest BCUT2D eigenvalue weighted by Gasteiger charge is 2.28. The third kappa shape index (κ3) is 4.04. The Morgan fingerprint density at radius 1 is 1.45 bits per heavy atom. The van der Waals surface area contributed by atoms with E-state index in [1.165, 1.54) is 24.2 Å². The maximum absolute atomic E-state index is 12.6. The summed E-state index contributed by atoms with van der Waals surface area (Å²) in [5.74, 6) is 0.720. The predicted octanol–water partition coefficient (Wildman–Crippen LogP) is 2.63. The third-order valence-corrected chi connectivity index (χ3v) is 6.59. The summed E-state index contributed by atoms with van der Waals surface area (Å²) in [6, 6.07) is 0.0128. The van der Waals surface area contributed by atoms with Crippen molar-refractivity contribution in [2.75, 3.05) is 6.54 Å². The molecule has 20 heavy (non-hydrogen) atoms. The number of nitrogens with one attached hydrogen (secondary N) is 2. The molecule has 0 amide bonds. The lowest BCUT2D eigenvalue weighted by atomic mass is 10.2. The smallest absolute Gasteiger partial charge is 0.242 e. The summed E-state index contributed by atoms with van der Waals surface area (Å²) in [5, 5.41) is 5.13. The van der Waals surface area contributed by atoms with E-state index in [0.29, 0.717) is 11.4 Å². The van der Waals surface area contributed by atoms with E-state index in [1.807, 2.05) is 26.2 Å². The highest BCUT2D eigenvalue weighted by Crippen LogP contribution is 2.34. The van der Waals surface area contributed by atoms with Gasteiger partial charge in [-0.25, -0.2) is 13.1 Å². The first-order valence-corrected chi connectivity index (χ1v) is 9.60. The van der Waals surface area contributed by atoms with Crippen LogP contribution in [0.1, 0.15) is 43.6 Å². The largest absolute Gasteiger partial charge is 0.312 e. The van der Waals surface area contributed by atoms with E-state index in [0.717, 1.165) is 29.3 Å². The Balaban J connectivity index is 2.12. The van der Waals surface area contributed by atoms with Gasteiger partial charge in [-0.2, -0.15) is 0 Å². The van der Waals surface area contributed by atoms with Crippen molar-refractivity contribution < 1.29 is 8.42 Å². The topological polar surface area (TPSA) is 58.2 Å². The zero-order chi connectivity index (χ0) is 14.8. The molecular weight excluding hydrogens is 292 g/mol. The number of hydrogen-bond donors (Lipinski definition) is 2. The van der Waals surface area contributed by atoms with E-state index in [4.69, 9.17) is 0 Å². The molecule has 1 atom stereocenters. The first-order chi connectivity index (χ1) is 9.44. The van der Waals surface area contributed by atoms with Gasteiger partial charge in [-0.1, -0.05) is 19.8 Å². The standard InChI is InChI=1S/C14H24N2O2S2/c1-4-15-8-13-14(10(2)9-19-13)20(17,18)16-11(3)7-12-5-6-12/h9,11-12,15-16H,4-8H2,1-3H3. The van der Waals surface area contributed by atoms with Gasteiger partial charge in [-0.15, -0.1) is 11.3 Å². The van der Waals surface area contributed by atoms with Crippen molar-refractivity contribution in [2.24, 2.45) is 5.92 Å². The zero-order valence-corrected chi connectivity index (χ0v) is 14.0. The fourth-order valence-electron chi connectivity index (χ4n) is 2.43. The van der Waals surface area contributed by atoms with Gasteiger partial charge < -0.3 is 5.32 Å². The molecule has 1 aromatic rings. The lowest BCUT2D eigenvalue weighted by Crippen LogP contribution is -2.33. The van der Waals surface area contributed by atoms with E-state index < -0.39 is 10.0 Å². The Labute approximate surface area is 126 Å². The Morgan fingerprint density at radius 2 is 2.15 bits per heavy atom. The van der Waals surface area contributed by atoms with Crippen molar-refractivity contribution >= 4 is 21.4 Å². The van der Waals surface area contributed by atoms with Crippen molar-refractivity contribution in [1.82, 2.24) is 10.0 Å². The highest BCUT2D eigenvalue weighted by molar-refractivity contribution is 7.89. The predicted molar refractivity (Wildman–Crippen MR) is 83.6 cm³/mol. The second kappa shape index (κ2) is 6.56. The normalized spacial score (nSPS) is 17.4. The summed E-state index contributed by atoms with van der Waals surface area (Å²) in [6.45, 7) is 7.29. The number of hydrogen-bond acceptors (Lipinski definition) is 4. The number of sulfonamides is 1. The molecule has 114 valence electrons. The van der Waals surface area contributed by atoms with Gasteiger partial charge in [-0.05, 0) is 43.7 Å². The SMILES string of the molecule is CCNCc1scc(C)c1S(=O)(=O)NC(C)CC1CC1. The van der Waals surface area contributed by atoms with Crippen molar-refractivity contribution in [1.29, 1.82) is 0 Å². The van der Waals surface area contributed by atoms with Gasteiger partial charge in [0, 0.05) is 17.5 Å². The molecule has 1 fully saturated rings. The van der Waals surface area contributed by atoms with Crippen molar-refractivity contribution in [2.45, 2.75) is 57.5 Å². The first-order valence-electron chi connectivity index (χ1n) is 7.24. The zero-order valence-electron chi connectivity index (χ0n) is 12.4. The lowest BCUT2D eigenvalue weighted by molar-refractivity contribution is 0.529. The summed E-state index contributed by atoms with van der Waals surface area (Å²) in [7, 11) is -3.41. The Kier molecular flexibility index (Phi) is 5.23. The van der Waals surface area contributed by atoms with Crippen molar-refractivity contribution in [3.05, 3.63) is 15.8 Å². The monoisotopic (exact) mass is 316 g/mol. The molecule has 1 aliphatic rings. The van der Waals surface area contributed by atoms with Crippen LogP contribution in [0.2, 0.25) is 0 Å². The third-order valence-electron chi connectivity index (χ3n) is 3.53. The van der Waals surface area contributed by atoms with Crippen LogP contribution >= 0.6 is 11.3 Å². The summed E-state index contributed by atoms with van der Waals surface area (Å²) in [4.78, 5) is 1.38. The summed E-state index contributed by atoms with van der Waals surface area (Å²) in [5.41, 5.74) is 0.842. The molecule has 0 saturated heterocycles. The van der Waals surface area contributed by atoms with Gasteiger partial charge in [0.05, 0.1) is 0 Å². The molecular formula is C14H24N2O2S2. The van der Waals surface area contributed by atoms with Crippen LogP contribution < -0.4 is 10.0 Å². The van der Waals surface area contributed by atoms with Crippen molar-refractivity contribution in [3.8, 4) is 0 Å². The van der Waals surface area contributed by atoms with Crippen LogP contribution in [0.15, 0.2) is 10.3 Å². The Hall–Kier alpha value is -0.430. The number of rotatable bonds is 8. The van der Waals surface area contributed by atoms with E-state index in [2.05, 4.69) is 10.0 Å². The van der Waals surface area contributed by atoms with E-state index in [-0.39, 0.29) is 6.04 Å². The van der Waals surface area contributed by atoms with Gasteiger partial charge in [-0.3, -0.25) is 0 Å². The molecule has 6 heteroatoms. The van der Waals surface area contributed by atoms with Crippen LogP contribution in [0.5, 0.6) is 0 Å². The molecule has 0 spiro atoms. The van der Waals surface area contributed by atoms with E-state index in [1.54, 1.807) is 0 Å². The Morgan fingerprint density at radius 3 is 2.75 bits per heavy atom. The maximum atomic E-state index is 12.6. The maximum Gasteiger partial charge on any atom is 0.242 e. The number of thiophene rings is 1. The molecule has 1 aliphatic carbocycles. The lowest BCUT2D eigenvalue weighted by Gasteiger charge is -2.15. The molecule has 0 bridgehead atoms. The van der Waals surface area contributed by atoms with Gasteiger partial charge in [0.2, 0.25) is 10.0 Å². The molecule has 1 aromatic heterocycles. The molecule has 0 radical (unpaired) electrons. The molecule has 2 rings (SSSR count). The Bertz CT molecular complexity index is 548. The molecule has 1 unspecified atom stereocenters. The quantitative estimate of drug-likeness (QED) is 0.775. The van der Waals surface area contributed by atoms with Crippen LogP contribution in [0, 0.1) is 12.8 Å². The molecule has 1 heterocycles. The van der Waals surface area contributed by atoms with Crippen LogP contribution in [0.3, 0.4) is 0 Å². The van der Waals surface area contributed by atoms with E-state index in [9.17, 15) is 8.42 Å². The summed E-state index contributed by atoms with van der Waals surface area (Å²) < 4.78 is 28.0. The molecule has 2 N–H and O–H groups in total. The van der Waals surface area contributed by atoms with Crippen LogP contribution in [-0.2, 0) is 16.6 Å². The minimum atomic E-state index is -3.41. The van der Waals surface area contributed by atoms with Crippen molar-refractivity contribution in [3.63, 3.8) is 0 Å². The number of aryl methyl sites for hydroxylation is 1. The minimum absolute atomic E-state index is 0.0128. The summed E-state index contributed by atoms with van der Waals surface area (Å²) >= 11 is 1.51. The second-order valence-electron chi connectivity index (χ2n) is 5.65.